The van der Waals surface area contributed by atoms with E-state index in [0.717, 1.165) is 0 Å². The van der Waals surface area contributed by atoms with E-state index in [4.69, 9.17) is 9.47 Å². The predicted octanol–water partition coefficient (Wildman–Crippen LogP) is 1.75. The van der Waals surface area contributed by atoms with Gasteiger partial charge in [-0.2, -0.15) is 0 Å². The Labute approximate surface area is 130 Å². The van der Waals surface area contributed by atoms with Gasteiger partial charge < -0.3 is 19.3 Å². The second-order valence-electron chi connectivity index (χ2n) is 5.08. The van der Waals surface area contributed by atoms with Gasteiger partial charge in [0.1, 0.15) is 5.75 Å². The van der Waals surface area contributed by atoms with Crippen LogP contribution in [0.5, 0.6) is 5.75 Å². The molecule has 1 fully saturated rings. The topological polar surface area (TPSA) is 59.1 Å². The van der Waals surface area contributed by atoms with Crippen molar-refractivity contribution in [3.63, 3.8) is 0 Å². The molecule has 120 valence electrons. The Bertz CT molecular complexity index is 498. The molecule has 1 aliphatic heterocycles. The normalized spacial score (nSPS) is 16.1. The van der Waals surface area contributed by atoms with Crippen LogP contribution >= 0.6 is 0 Å². The summed E-state index contributed by atoms with van der Waals surface area (Å²) < 4.78 is 10.6. The molecule has 2 rings (SSSR count). The average Bonchev–Trinajstić information content (AvgIpc) is 2.55. The fourth-order valence-electron chi connectivity index (χ4n) is 2.33. The Morgan fingerprint density at radius 3 is 2.27 bits per heavy atom. The summed E-state index contributed by atoms with van der Waals surface area (Å²) in [6, 6.07) is 9.27. The molecule has 1 heterocycles. The van der Waals surface area contributed by atoms with Gasteiger partial charge in [-0.05, 0) is 26.0 Å². The van der Waals surface area contributed by atoms with Gasteiger partial charge in [0.25, 0.3) is 5.91 Å². The van der Waals surface area contributed by atoms with E-state index in [0.29, 0.717) is 38.5 Å². The summed E-state index contributed by atoms with van der Waals surface area (Å²) in [6.07, 6.45) is -0.861. The van der Waals surface area contributed by atoms with Crippen molar-refractivity contribution in [3.05, 3.63) is 30.3 Å². The lowest BCUT2D eigenvalue weighted by atomic mass is 10.2. The molecule has 1 aromatic rings. The molecule has 1 aromatic carbocycles. The van der Waals surface area contributed by atoms with E-state index >= 15 is 0 Å². The summed E-state index contributed by atoms with van der Waals surface area (Å²) in [5.74, 6) is 0.612. The van der Waals surface area contributed by atoms with Crippen LogP contribution in [0.3, 0.4) is 0 Å². The lowest BCUT2D eigenvalue weighted by Gasteiger charge is -2.35. The second kappa shape index (κ2) is 7.68. The molecule has 0 spiro atoms. The van der Waals surface area contributed by atoms with Crippen LogP contribution in [0.25, 0.3) is 0 Å². The van der Waals surface area contributed by atoms with Crippen molar-refractivity contribution < 1.29 is 19.1 Å². The van der Waals surface area contributed by atoms with Crippen LogP contribution in [-0.4, -0.2) is 60.7 Å². The molecule has 0 bridgehead atoms. The van der Waals surface area contributed by atoms with Crippen molar-refractivity contribution >= 4 is 12.0 Å². The van der Waals surface area contributed by atoms with E-state index in [-0.39, 0.29) is 12.0 Å². The molecule has 6 heteroatoms. The number of amides is 2. The lowest BCUT2D eigenvalue weighted by molar-refractivity contribution is -0.139. The number of para-hydroxylation sites is 1. The number of piperazine rings is 1. The molecule has 0 aliphatic carbocycles. The Balaban J connectivity index is 1.83. The van der Waals surface area contributed by atoms with Crippen molar-refractivity contribution in [2.24, 2.45) is 0 Å². The summed E-state index contributed by atoms with van der Waals surface area (Å²) in [6.45, 7) is 5.86. The van der Waals surface area contributed by atoms with Gasteiger partial charge in [-0.3, -0.25) is 4.79 Å². The highest BCUT2D eigenvalue weighted by Gasteiger charge is 2.28. The van der Waals surface area contributed by atoms with Crippen LogP contribution in [0, 0.1) is 0 Å². The smallest absolute Gasteiger partial charge is 0.409 e. The van der Waals surface area contributed by atoms with Gasteiger partial charge in [0.05, 0.1) is 6.61 Å². The van der Waals surface area contributed by atoms with Crippen molar-refractivity contribution in [1.29, 1.82) is 0 Å². The average molecular weight is 306 g/mol. The van der Waals surface area contributed by atoms with Crippen molar-refractivity contribution in [2.45, 2.75) is 20.0 Å². The van der Waals surface area contributed by atoms with Crippen LogP contribution in [-0.2, 0) is 9.53 Å². The minimum Gasteiger partial charge on any atom is -0.481 e. The van der Waals surface area contributed by atoms with E-state index in [1.807, 2.05) is 30.3 Å². The Kier molecular flexibility index (Phi) is 5.63. The molecule has 0 radical (unpaired) electrons. The van der Waals surface area contributed by atoms with E-state index in [2.05, 4.69) is 0 Å². The summed E-state index contributed by atoms with van der Waals surface area (Å²) in [7, 11) is 0. The van der Waals surface area contributed by atoms with E-state index in [1.54, 1.807) is 23.6 Å². The van der Waals surface area contributed by atoms with Crippen molar-refractivity contribution in [2.75, 3.05) is 32.8 Å². The molecule has 0 N–H and O–H groups in total. The monoisotopic (exact) mass is 306 g/mol. The Morgan fingerprint density at radius 2 is 1.68 bits per heavy atom. The quantitative estimate of drug-likeness (QED) is 0.850. The maximum absolute atomic E-state index is 12.4. The highest BCUT2D eigenvalue weighted by atomic mass is 16.6. The van der Waals surface area contributed by atoms with Crippen molar-refractivity contribution in [1.82, 2.24) is 9.80 Å². The molecule has 1 aliphatic rings. The number of carbonyl (C=O) groups is 2. The van der Waals surface area contributed by atoms with Gasteiger partial charge in [-0.25, -0.2) is 4.79 Å². The summed E-state index contributed by atoms with van der Waals surface area (Å²) in [4.78, 5) is 27.3. The molecule has 6 nitrogen and oxygen atoms in total. The summed E-state index contributed by atoms with van der Waals surface area (Å²) in [5.41, 5.74) is 0. The van der Waals surface area contributed by atoms with Crippen molar-refractivity contribution in [3.8, 4) is 5.75 Å². The number of carbonyl (C=O) groups excluding carboxylic acids is 2. The second-order valence-corrected chi connectivity index (χ2v) is 5.08. The lowest BCUT2D eigenvalue weighted by Crippen LogP contribution is -2.53. The van der Waals surface area contributed by atoms with Gasteiger partial charge in [-0.1, -0.05) is 18.2 Å². The SMILES string of the molecule is CCOC(=O)N1CCN(C(=O)[C@@H](C)Oc2ccccc2)CC1. The third-order valence-electron chi connectivity index (χ3n) is 3.52. The first-order valence-corrected chi connectivity index (χ1v) is 7.54. The third kappa shape index (κ3) is 4.13. The summed E-state index contributed by atoms with van der Waals surface area (Å²) in [5, 5.41) is 0. The van der Waals surface area contributed by atoms with Crippen LogP contribution in [0.2, 0.25) is 0 Å². The number of nitrogens with zero attached hydrogens (tertiary/aromatic N) is 2. The Morgan fingerprint density at radius 1 is 1.09 bits per heavy atom. The maximum atomic E-state index is 12.4. The first-order chi connectivity index (χ1) is 10.6. The molecule has 0 aromatic heterocycles. The Hall–Kier alpha value is -2.24. The minimum atomic E-state index is -0.545. The van der Waals surface area contributed by atoms with Crippen LogP contribution in [0.15, 0.2) is 30.3 Å². The molecular weight excluding hydrogens is 284 g/mol. The number of benzene rings is 1. The van der Waals surface area contributed by atoms with Gasteiger partial charge >= 0.3 is 6.09 Å². The predicted molar refractivity (Wildman–Crippen MR) is 81.7 cm³/mol. The molecule has 0 saturated carbocycles. The zero-order chi connectivity index (χ0) is 15.9. The number of hydrogen-bond acceptors (Lipinski definition) is 4. The largest absolute Gasteiger partial charge is 0.481 e. The molecule has 1 atom stereocenters. The van der Waals surface area contributed by atoms with Crippen LogP contribution in [0.1, 0.15) is 13.8 Å². The molecule has 2 amide bonds. The van der Waals surface area contributed by atoms with Gasteiger partial charge in [-0.15, -0.1) is 0 Å². The molecule has 22 heavy (non-hydrogen) atoms. The molecule has 0 unspecified atom stereocenters. The zero-order valence-electron chi connectivity index (χ0n) is 13.0. The van der Waals surface area contributed by atoms with Gasteiger partial charge in [0.2, 0.25) is 0 Å². The zero-order valence-corrected chi connectivity index (χ0v) is 13.0. The summed E-state index contributed by atoms with van der Waals surface area (Å²) >= 11 is 0. The third-order valence-corrected chi connectivity index (χ3v) is 3.52. The van der Waals surface area contributed by atoms with Gasteiger partial charge in [0.15, 0.2) is 6.10 Å². The van der Waals surface area contributed by atoms with E-state index < -0.39 is 6.10 Å². The fraction of sp³-hybridized carbons (Fsp3) is 0.500. The van der Waals surface area contributed by atoms with Gasteiger partial charge in [0, 0.05) is 26.2 Å². The first-order valence-electron chi connectivity index (χ1n) is 7.54. The van der Waals surface area contributed by atoms with Crippen LogP contribution in [0.4, 0.5) is 4.79 Å². The number of hydrogen-bond donors (Lipinski definition) is 0. The maximum Gasteiger partial charge on any atom is 0.409 e. The number of rotatable bonds is 4. The fourth-order valence-corrected chi connectivity index (χ4v) is 2.33. The van der Waals surface area contributed by atoms with E-state index in [9.17, 15) is 9.59 Å². The molecule has 1 saturated heterocycles. The molecular formula is C16H22N2O4. The standard InChI is InChI=1S/C16H22N2O4/c1-3-21-16(20)18-11-9-17(10-12-18)15(19)13(2)22-14-7-5-4-6-8-14/h4-8,13H,3,9-12H2,1-2H3/t13-/m1/s1. The van der Waals surface area contributed by atoms with E-state index in [1.165, 1.54) is 0 Å². The van der Waals surface area contributed by atoms with Crippen LogP contribution < -0.4 is 4.74 Å². The highest BCUT2D eigenvalue weighted by Crippen LogP contribution is 2.13. The first kappa shape index (κ1) is 16.1. The minimum absolute atomic E-state index is 0.0626. The number of ether oxygens (including phenoxy) is 2. The highest BCUT2D eigenvalue weighted by molar-refractivity contribution is 5.81.